The molecule has 0 saturated heterocycles. The lowest BCUT2D eigenvalue weighted by Gasteiger charge is -2.06. The summed E-state index contributed by atoms with van der Waals surface area (Å²) in [6, 6.07) is 11.1. The van der Waals surface area contributed by atoms with Crippen molar-refractivity contribution in [3.63, 3.8) is 0 Å². The van der Waals surface area contributed by atoms with E-state index in [-0.39, 0.29) is 23.6 Å². The standard InChI is InChI=1S/C17H16N2O5S2/c1-2-18-26(21,22)14-7-5-12(6-8-14)17(20)23-11-13-10-15(24-19-13)16-4-3-9-25-16/h3-10,18H,2,11H2,1H3. The average molecular weight is 392 g/mol. The predicted octanol–water partition coefficient (Wildman–Crippen LogP) is 3.06. The number of carbonyl (C=O) groups is 1. The van der Waals surface area contributed by atoms with E-state index in [9.17, 15) is 13.2 Å². The Balaban J connectivity index is 1.62. The van der Waals surface area contributed by atoms with Gasteiger partial charge >= 0.3 is 5.97 Å². The number of thiophene rings is 1. The molecular weight excluding hydrogens is 376 g/mol. The summed E-state index contributed by atoms with van der Waals surface area (Å²) in [7, 11) is -3.55. The summed E-state index contributed by atoms with van der Waals surface area (Å²) in [6.45, 7) is 1.94. The van der Waals surface area contributed by atoms with Crippen LogP contribution >= 0.6 is 11.3 Å². The van der Waals surface area contributed by atoms with Crippen molar-refractivity contribution in [1.82, 2.24) is 9.88 Å². The lowest BCUT2D eigenvalue weighted by molar-refractivity contribution is 0.0464. The van der Waals surface area contributed by atoms with Gasteiger partial charge in [0.2, 0.25) is 10.0 Å². The van der Waals surface area contributed by atoms with Crippen LogP contribution in [0.25, 0.3) is 10.6 Å². The number of sulfonamides is 1. The van der Waals surface area contributed by atoms with Crippen molar-refractivity contribution in [2.45, 2.75) is 18.4 Å². The number of ether oxygens (including phenoxy) is 1. The molecule has 1 aromatic carbocycles. The van der Waals surface area contributed by atoms with Gasteiger partial charge in [-0.15, -0.1) is 11.3 Å². The molecule has 0 amide bonds. The Bertz CT molecular complexity index is 977. The molecule has 3 aromatic rings. The smallest absolute Gasteiger partial charge is 0.338 e. The van der Waals surface area contributed by atoms with Crippen LogP contribution in [0.4, 0.5) is 0 Å². The van der Waals surface area contributed by atoms with Gasteiger partial charge in [0, 0.05) is 12.6 Å². The Morgan fingerprint density at radius 3 is 2.69 bits per heavy atom. The summed E-state index contributed by atoms with van der Waals surface area (Å²) >= 11 is 1.52. The fourth-order valence-electron chi connectivity index (χ4n) is 2.18. The summed E-state index contributed by atoms with van der Waals surface area (Å²) in [6.07, 6.45) is 0. The van der Waals surface area contributed by atoms with Crippen LogP contribution in [0.1, 0.15) is 23.0 Å². The molecule has 3 rings (SSSR count). The van der Waals surface area contributed by atoms with Crippen molar-refractivity contribution in [1.29, 1.82) is 0 Å². The van der Waals surface area contributed by atoms with Crippen molar-refractivity contribution in [2.75, 3.05) is 6.54 Å². The van der Waals surface area contributed by atoms with E-state index in [4.69, 9.17) is 9.26 Å². The van der Waals surface area contributed by atoms with E-state index in [1.807, 2.05) is 17.5 Å². The van der Waals surface area contributed by atoms with Crippen LogP contribution < -0.4 is 4.72 Å². The maximum Gasteiger partial charge on any atom is 0.338 e. The summed E-state index contributed by atoms with van der Waals surface area (Å²) < 4.78 is 36.6. The summed E-state index contributed by atoms with van der Waals surface area (Å²) in [5, 5.41) is 5.80. The van der Waals surface area contributed by atoms with Crippen molar-refractivity contribution in [3.05, 3.63) is 59.1 Å². The second-order valence-corrected chi connectivity index (χ2v) is 7.98. The molecule has 136 valence electrons. The lowest BCUT2D eigenvalue weighted by Crippen LogP contribution is -2.23. The van der Waals surface area contributed by atoms with Crippen LogP contribution in [-0.2, 0) is 21.4 Å². The number of hydrogen-bond donors (Lipinski definition) is 1. The maximum absolute atomic E-state index is 12.1. The summed E-state index contributed by atoms with van der Waals surface area (Å²) in [5.74, 6) is 0.0436. The average Bonchev–Trinajstić information content (AvgIpc) is 3.31. The third-order valence-corrected chi connectivity index (χ3v) is 5.85. The zero-order valence-corrected chi connectivity index (χ0v) is 15.5. The molecule has 0 bridgehead atoms. The van der Waals surface area contributed by atoms with Gasteiger partial charge in [0.15, 0.2) is 5.76 Å². The van der Waals surface area contributed by atoms with E-state index in [1.165, 1.54) is 35.6 Å². The van der Waals surface area contributed by atoms with Gasteiger partial charge in [-0.05, 0) is 35.7 Å². The van der Waals surface area contributed by atoms with Gasteiger partial charge < -0.3 is 9.26 Å². The third kappa shape index (κ3) is 4.18. The molecule has 0 spiro atoms. The molecule has 0 radical (unpaired) electrons. The van der Waals surface area contributed by atoms with E-state index >= 15 is 0 Å². The van der Waals surface area contributed by atoms with Crippen molar-refractivity contribution in [2.24, 2.45) is 0 Å². The Morgan fingerprint density at radius 2 is 2.04 bits per heavy atom. The first kappa shape index (κ1) is 18.3. The molecule has 26 heavy (non-hydrogen) atoms. The number of rotatable bonds is 7. The normalized spacial score (nSPS) is 11.4. The van der Waals surface area contributed by atoms with Gasteiger partial charge in [-0.2, -0.15) is 0 Å². The van der Waals surface area contributed by atoms with Gasteiger partial charge in [0.25, 0.3) is 0 Å². The number of benzene rings is 1. The maximum atomic E-state index is 12.1. The lowest BCUT2D eigenvalue weighted by atomic mass is 10.2. The highest BCUT2D eigenvalue weighted by atomic mass is 32.2. The van der Waals surface area contributed by atoms with Gasteiger partial charge in [-0.25, -0.2) is 17.9 Å². The predicted molar refractivity (Wildman–Crippen MR) is 96.2 cm³/mol. The van der Waals surface area contributed by atoms with Gasteiger partial charge in [-0.1, -0.05) is 18.1 Å². The van der Waals surface area contributed by atoms with Crippen molar-refractivity contribution in [3.8, 4) is 10.6 Å². The molecule has 0 fully saturated rings. The Morgan fingerprint density at radius 1 is 1.27 bits per heavy atom. The minimum atomic E-state index is -3.55. The van der Waals surface area contributed by atoms with Crippen LogP contribution in [0.3, 0.4) is 0 Å². The second kappa shape index (κ2) is 7.81. The zero-order valence-electron chi connectivity index (χ0n) is 13.8. The Hall–Kier alpha value is -2.49. The number of carbonyl (C=O) groups excluding carboxylic acids is 1. The van der Waals surface area contributed by atoms with Crippen LogP contribution in [-0.4, -0.2) is 26.1 Å². The molecule has 0 unspecified atom stereocenters. The van der Waals surface area contributed by atoms with Crippen LogP contribution in [0.2, 0.25) is 0 Å². The van der Waals surface area contributed by atoms with Crippen molar-refractivity contribution < 1.29 is 22.5 Å². The topological polar surface area (TPSA) is 98.5 Å². The number of nitrogens with zero attached hydrogens (tertiary/aromatic N) is 1. The Labute approximate surface area is 154 Å². The van der Waals surface area contributed by atoms with E-state index in [2.05, 4.69) is 9.88 Å². The quantitative estimate of drug-likeness (QED) is 0.621. The minimum absolute atomic E-state index is 0.0366. The Kier molecular flexibility index (Phi) is 5.50. The SMILES string of the molecule is CCNS(=O)(=O)c1ccc(C(=O)OCc2cc(-c3cccs3)on2)cc1. The van der Waals surface area contributed by atoms with E-state index in [0.29, 0.717) is 11.5 Å². The first-order valence-electron chi connectivity index (χ1n) is 7.76. The largest absolute Gasteiger partial charge is 0.455 e. The highest BCUT2D eigenvalue weighted by Crippen LogP contribution is 2.25. The van der Waals surface area contributed by atoms with E-state index < -0.39 is 16.0 Å². The fraction of sp³-hybridized carbons (Fsp3) is 0.176. The molecule has 2 aromatic heterocycles. The molecule has 9 heteroatoms. The highest BCUT2D eigenvalue weighted by molar-refractivity contribution is 7.89. The summed E-state index contributed by atoms with van der Waals surface area (Å²) in [4.78, 5) is 13.1. The van der Waals surface area contributed by atoms with E-state index in [0.717, 1.165) is 4.88 Å². The molecule has 7 nitrogen and oxygen atoms in total. The number of nitrogens with one attached hydrogen (secondary N) is 1. The molecule has 0 aliphatic carbocycles. The second-order valence-electron chi connectivity index (χ2n) is 5.26. The van der Waals surface area contributed by atoms with Gasteiger partial charge in [0.05, 0.1) is 15.3 Å². The first-order valence-corrected chi connectivity index (χ1v) is 10.1. The molecular formula is C17H16N2O5S2. The number of hydrogen-bond acceptors (Lipinski definition) is 7. The number of esters is 1. The van der Waals surface area contributed by atoms with Crippen LogP contribution in [0.15, 0.2) is 57.3 Å². The minimum Gasteiger partial charge on any atom is -0.455 e. The molecule has 0 saturated carbocycles. The fourth-order valence-corrected chi connectivity index (χ4v) is 3.90. The van der Waals surface area contributed by atoms with Crippen LogP contribution in [0, 0.1) is 0 Å². The number of aromatic nitrogens is 1. The third-order valence-electron chi connectivity index (χ3n) is 3.41. The first-order chi connectivity index (χ1) is 12.5. The summed E-state index contributed by atoms with van der Waals surface area (Å²) in [5.41, 5.74) is 0.746. The van der Waals surface area contributed by atoms with Crippen LogP contribution in [0.5, 0.6) is 0 Å². The monoisotopic (exact) mass is 392 g/mol. The zero-order chi connectivity index (χ0) is 18.6. The molecule has 0 aliphatic heterocycles. The van der Waals surface area contributed by atoms with Gasteiger partial charge in [-0.3, -0.25) is 0 Å². The molecule has 0 aliphatic rings. The van der Waals surface area contributed by atoms with Gasteiger partial charge in [0.1, 0.15) is 12.3 Å². The molecule has 1 N–H and O–H groups in total. The van der Waals surface area contributed by atoms with Crippen molar-refractivity contribution >= 4 is 27.3 Å². The highest BCUT2D eigenvalue weighted by Gasteiger charge is 2.15. The molecule has 2 heterocycles. The molecule has 0 atom stereocenters. The van der Waals surface area contributed by atoms with E-state index in [1.54, 1.807) is 13.0 Å².